The summed E-state index contributed by atoms with van der Waals surface area (Å²) in [5.41, 5.74) is 1.21. The highest BCUT2D eigenvalue weighted by Crippen LogP contribution is 2.27. The first-order chi connectivity index (χ1) is 9.19. The maximum Gasteiger partial charge on any atom is 0.358 e. The summed E-state index contributed by atoms with van der Waals surface area (Å²) < 4.78 is 1.69. The second-order valence-electron chi connectivity index (χ2n) is 4.25. The summed E-state index contributed by atoms with van der Waals surface area (Å²) in [6.07, 6.45) is 5.01. The quantitative estimate of drug-likeness (QED) is 0.892. The number of hydrogen-bond donors (Lipinski definition) is 1. The van der Waals surface area contributed by atoms with E-state index < -0.39 is 5.97 Å². The van der Waals surface area contributed by atoms with E-state index in [0.29, 0.717) is 5.69 Å². The minimum Gasteiger partial charge on any atom is -0.476 e. The molecule has 2 aromatic rings. The number of carboxylic acid groups (broad SMARTS) is 1. The molecule has 6 nitrogen and oxygen atoms in total. The van der Waals surface area contributed by atoms with Gasteiger partial charge in [-0.15, -0.1) is 5.10 Å². The van der Waals surface area contributed by atoms with Crippen molar-refractivity contribution in [2.75, 3.05) is 0 Å². The van der Waals surface area contributed by atoms with Gasteiger partial charge >= 0.3 is 5.97 Å². The van der Waals surface area contributed by atoms with Gasteiger partial charge in [0.15, 0.2) is 5.69 Å². The van der Waals surface area contributed by atoms with Crippen molar-refractivity contribution >= 4 is 5.97 Å². The lowest BCUT2D eigenvalue weighted by atomic mass is 10.1. The summed E-state index contributed by atoms with van der Waals surface area (Å²) in [5.74, 6) is -1.07. The highest BCUT2D eigenvalue weighted by atomic mass is 16.4. The summed E-state index contributed by atoms with van der Waals surface area (Å²) in [6, 6.07) is 3.72. The van der Waals surface area contributed by atoms with Crippen molar-refractivity contribution in [1.82, 2.24) is 20.0 Å². The molecule has 0 aliphatic carbocycles. The summed E-state index contributed by atoms with van der Waals surface area (Å²) in [4.78, 5) is 15.3. The molecule has 2 rings (SSSR count). The number of aromatic nitrogens is 4. The van der Waals surface area contributed by atoms with Crippen molar-refractivity contribution in [2.45, 2.75) is 32.7 Å². The summed E-state index contributed by atoms with van der Waals surface area (Å²) >= 11 is 0. The lowest BCUT2D eigenvalue weighted by molar-refractivity contribution is 0.0691. The largest absolute Gasteiger partial charge is 0.476 e. The van der Waals surface area contributed by atoms with Crippen LogP contribution in [0.25, 0.3) is 11.3 Å². The van der Waals surface area contributed by atoms with E-state index in [4.69, 9.17) is 0 Å². The van der Waals surface area contributed by atoms with E-state index >= 15 is 0 Å². The SMILES string of the molecule is CCC(CC)n1nnc(C(=O)O)c1-c1cccnc1. The Labute approximate surface area is 111 Å². The van der Waals surface area contributed by atoms with Gasteiger partial charge < -0.3 is 5.11 Å². The second kappa shape index (κ2) is 5.60. The van der Waals surface area contributed by atoms with Gasteiger partial charge in [0.05, 0.1) is 6.04 Å². The fourth-order valence-corrected chi connectivity index (χ4v) is 2.10. The van der Waals surface area contributed by atoms with E-state index in [2.05, 4.69) is 15.3 Å². The number of carboxylic acids is 1. The average molecular weight is 260 g/mol. The van der Waals surface area contributed by atoms with Crippen molar-refractivity contribution in [3.05, 3.63) is 30.2 Å². The number of hydrogen-bond acceptors (Lipinski definition) is 4. The molecule has 0 spiro atoms. The maximum absolute atomic E-state index is 11.3. The van der Waals surface area contributed by atoms with Crippen LogP contribution in [0.1, 0.15) is 43.2 Å². The Hall–Kier alpha value is -2.24. The molecular formula is C13H16N4O2. The van der Waals surface area contributed by atoms with Crippen LogP contribution in [0, 0.1) is 0 Å². The zero-order chi connectivity index (χ0) is 13.8. The van der Waals surface area contributed by atoms with E-state index in [0.717, 1.165) is 18.4 Å². The van der Waals surface area contributed by atoms with Crippen LogP contribution >= 0.6 is 0 Å². The van der Waals surface area contributed by atoms with Gasteiger partial charge in [-0.05, 0) is 25.0 Å². The lowest BCUT2D eigenvalue weighted by Crippen LogP contribution is -2.11. The monoisotopic (exact) mass is 260 g/mol. The van der Waals surface area contributed by atoms with Crippen molar-refractivity contribution in [3.8, 4) is 11.3 Å². The Morgan fingerprint density at radius 1 is 1.42 bits per heavy atom. The van der Waals surface area contributed by atoms with Crippen LogP contribution in [0.4, 0.5) is 0 Å². The Morgan fingerprint density at radius 2 is 2.16 bits per heavy atom. The van der Waals surface area contributed by atoms with Crippen molar-refractivity contribution in [1.29, 1.82) is 0 Å². The van der Waals surface area contributed by atoms with Gasteiger partial charge in [-0.2, -0.15) is 0 Å². The molecule has 1 N–H and O–H groups in total. The smallest absolute Gasteiger partial charge is 0.358 e. The molecule has 100 valence electrons. The highest BCUT2D eigenvalue weighted by Gasteiger charge is 2.23. The van der Waals surface area contributed by atoms with Crippen LogP contribution in [0.3, 0.4) is 0 Å². The average Bonchev–Trinajstić information content (AvgIpc) is 2.86. The molecule has 0 unspecified atom stereocenters. The minimum absolute atomic E-state index is 0.0279. The minimum atomic E-state index is -1.07. The molecule has 0 amide bonds. The predicted octanol–water partition coefficient (Wildman–Crippen LogP) is 2.40. The van der Waals surface area contributed by atoms with Gasteiger partial charge in [-0.25, -0.2) is 9.48 Å². The fraction of sp³-hybridized carbons (Fsp3) is 0.385. The van der Waals surface area contributed by atoms with E-state index in [1.165, 1.54) is 0 Å². The molecule has 0 saturated carbocycles. The number of carbonyl (C=O) groups is 1. The van der Waals surface area contributed by atoms with E-state index in [1.807, 2.05) is 19.9 Å². The van der Waals surface area contributed by atoms with Gasteiger partial charge in [0.1, 0.15) is 5.69 Å². The zero-order valence-corrected chi connectivity index (χ0v) is 10.9. The normalized spacial score (nSPS) is 10.9. The summed E-state index contributed by atoms with van der Waals surface area (Å²) in [5, 5.41) is 17.0. The number of pyridine rings is 1. The molecule has 0 aliphatic rings. The number of aromatic carboxylic acids is 1. The molecule has 0 radical (unpaired) electrons. The lowest BCUT2D eigenvalue weighted by Gasteiger charge is -2.15. The maximum atomic E-state index is 11.3. The Balaban J connectivity index is 2.61. The highest BCUT2D eigenvalue weighted by molar-refractivity contribution is 5.92. The molecule has 2 heterocycles. The van der Waals surface area contributed by atoms with Gasteiger partial charge in [-0.1, -0.05) is 19.1 Å². The van der Waals surface area contributed by atoms with Crippen molar-refractivity contribution < 1.29 is 9.90 Å². The van der Waals surface area contributed by atoms with Gasteiger partial charge in [-0.3, -0.25) is 4.98 Å². The van der Waals surface area contributed by atoms with E-state index in [9.17, 15) is 9.90 Å². The van der Waals surface area contributed by atoms with Crippen LogP contribution in [0.5, 0.6) is 0 Å². The van der Waals surface area contributed by atoms with Crippen LogP contribution in [-0.2, 0) is 0 Å². The Bertz CT molecular complexity index is 561. The first-order valence-corrected chi connectivity index (χ1v) is 6.27. The van der Waals surface area contributed by atoms with E-state index in [1.54, 1.807) is 23.1 Å². The topological polar surface area (TPSA) is 80.9 Å². The second-order valence-corrected chi connectivity index (χ2v) is 4.25. The van der Waals surface area contributed by atoms with E-state index in [-0.39, 0.29) is 11.7 Å². The molecule has 0 saturated heterocycles. The fourth-order valence-electron chi connectivity index (χ4n) is 2.10. The van der Waals surface area contributed by atoms with Crippen LogP contribution in [-0.4, -0.2) is 31.1 Å². The van der Waals surface area contributed by atoms with Gasteiger partial charge in [0.2, 0.25) is 0 Å². The van der Waals surface area contributed by atoms with Crippen LogP contribution in [0.2, 0.25) is 0 Å². The summed E-state index contributed by atoms with van der Waals surface area (Å²) in [7, 11) is 0. The molecular weight excluding hydrogens is 244 g/mol. The third-order valence-corrected chi connectivity index (χ3v) is 3.12. The Kier molecular flexibility index (Phi) is 3.89. The van der Waals surface area contributed by atoms with Crippen LogP contribution in [0.15, 0.2) is 24.5 Å². The molecule has 2 aromatic heterocycles. The molecule has 0 bridgehead atoms. The molecule has 6 heteroatoms. The third-order valence-electron chi connectivity index (χ3n) is 3.12. The number of nitrogens with zero attached hydrogens (tertiary/aromatic N) is 4. The first kappa shape index (κ1) is 13.2. The van der Waals surface area contributed by atoms with Gasteiger partial charge in [0, 0.05) is 18.0 Å². The van der Waals surface area contributed by atoms with Crippen molar-refractivity contribution in [2.24, 2.45) is 0 Å². The third kappa shape index (κ3) is 2.47. The predicted molar refractivity (Wildman–Crippen MR) is 69.8 cm³/mol. The standard InChI is InChI=1S/C13H16N4O2/c1-3-10(4-2)17-12(9-6-5-7-14-8-9)11(13(18)19)15-16-17/h5-8,10H,3-4H2,1-2H3,(H,18,19). The molecule has 0 aromatic carbocycles. The molecule has 19 heavy (non-hydrogen) atoms. The van der Waals surface area contributed by atoms with Crippen molar-refractivity contribution in [3.63, 3.8) is 0 Å². The molecule has 0 aliphatic heterocycles. The van der Waals surface area contributed by atoms with Gasteiger partial charge in [0.25, 0.3) is 0 Å². The molecule has 0 atom stereocenters. The molecule has 0 fully saturated rings. The first-order valence-electron chi connectivity index (χ1n) is 6.27. The summed E-state index contributed by atoms with van der Waals surface area (Å²) in [6.45, 7) is 4.09. The Morgan fingerprint density at radius 3 is 2.68 bits per heavy atom. The zero-order valence-electron chi connectivity index (χ0n) is 10.9. The van der Waals surface area contributed by atoms with Crippen LogP contribution < -0.4 is 0 Å². The number of rotatable bonds is 5.